The van der Waals surface area contributed by atoms with Gasteiger partial charge in [0.2, 0.25) is 5.91 Å². The Hall–Kier alpha value is -2.07. The average molecular weight is 304 g/mol. The molecule has 0 aliphatic heterocycles. The number of carbonyl (C=O) groups is 1. The number of hydrogen-bond acceptors (Lipinski definition) is 3. The van der Waals surface area contributed by atoms with Crippen LogP contribution in [0.3, 0.4) is 0 Å². The lowest BCUT2D eigenvalue weighted by Crippen LogP contribution is -2.25. The van der Waals surface area contributed by atoms with Crippen LogP contribution in [-0.4, -0.2) is 17.4 Å². The number of carbonyl (C=O) groups excluding carboxylic acids is 1. The summed E-state index contributed by atoms with van der Waals surface area (Å²) in [7, 11) is 0. The van der Waals surface area contributed by atoms with E-state index >= 15 is 0 Å². The minimum atomic E-state index is 0.0120. The Labute approximate surface area is 129 Å². The van der Waals surface area contributed by atoms with Crippen LogP contribution in [-0.2, 0) is 11.3 Å². The Morgan fingerprint density at radius 2 is 2.19 bits per heavy atom. The number of hydrogen-bond donors (Lipinski definition) is 2. The van der Waals surface area contributed by atoms with Gasteiger partial charge in [0, 0.05) is 42.6 Å². The maximum atomic E-state index is 11.8. The molecule has 5 heteroatoms. The molecule has 2 aromatic rings. The second-order valence-electron chi connectivity index (χ2n) is 4.77. The summed E-state index contributed by atoms with van der Waals surface area (Å²) in [6.07, 6.45) is 3.88. The van der Waals surface area contributed by atoms with E-state index in [1.165, 1.54) is 0 Å². The first-order valence-corrected chi connectivity index (χ1v) is 7.18. The molecule has 0 saturated heterocycles. The molecular formula is C16H18ClN3O. The maximum absolute atomic E-state index is 11.8. The predicted molar refractivity (Wildman–Crippen MR) is 85.4 cm³/mol. The Bertz CT molecular complexity index is 602. The van der Waals surface area contributed by atoms with E-state index in [4.69, 9.17) is 11.6 Å². The predicted octanol–water partition coefficient (Wildman–Crippen LogP) is 3.16. The fourth-order valence-electron chi connectivity index (χ4n) is 1.93. The number of aryl methyl sites for hydroxylation is 1. The Kier molecular flexibility index (Phi) is 5.58. The molecule has 0 atom stereocenters. The Morgan fingerprint density at radius 3 is 2.90 bits per heavy atom. The summed E-state index contributed by atoms with van der Waals surface area (Å²) in [5.41, 5.74) is 3.06. The second-order valence-corrected chi connectivity index (χ2v) is 5.21. The zero-order chi connectivity index (χ0) is 15.1. The van der Waals surface area contributed by atoms with Crippen LogP contribution in [0.25, 0.3) is 0 Å². The van der Waals surface area contributed by atoms with Crippen molar-refractivity contribution in [3.8, 4) is 0 Å². The lowest BCUT2D eigenvalue weighted by Gasteiger charge is -2.10. The summed E-state index contributed by atoms with van der Waals surface area (Å²) >= 11 is 5.90. The van der Waals surface area contributed by atoms with Gasteiger partial charge >= 0.3 is 0 Å². The van der Waals surface area contributed by atoms with Gasteiger partial charge in [-0.25, -0.2) is 0 Å². The molecule has 0 aliphatic rings. The average Bonchev–Trinajstić information content (AvgIpc) is 2.48. The van der Waals surface area contributed by atoms with E-state index in [1.54, 1.807) is 12.4 Å². The van der Waals surface area contributed by atoms with Gasteiger partial charge in [-0.05, 0) is 42.3 Å². The van der Waals surface area contributed by atoms with Gasteiger partial charge < -0.3 is 10.6 Å². The third kappa shape index (κ3) is 5.08. The first-order valence-electron chi connectivity index (χ1n) is 6.81. The smallest absolute Gasteiger partial charge is 0.222 e. The summed E-state index contributed by atoms with van der Waals surface area (Å²) in [6, 6.07) is 9.44. The number of rotatable bonds is 6. The zero-order valence-electron chi connectivity index (χ0n) is 11.9. The van der Waals surface area contributed by atoms with Gasteiger partial charge in [-0.1, -0.05) is 17.7 Å². The molecule has 2 N–H and O–H groups in total. The standard InChI is InChI=1S/C16H18ClN3O/c1-12-9-14(17)4-5-15(12)19-8-6-16(21)20-11-13-3-2-7-18-10-13/h2-5,7,9-10,19H,6,8,11H2,1H3,(H,20,21). The van der Waals surface area contributed by atoms with Crippen molar-refractivity contribution in [3.05, 3.63) is 58.9 Å². The SMILES string of the molecule is Cc1cc(Cl)ccc1NCCC(=O)NCc1cccnc1. The van der Waals surface area contributed by atoms with Crippen molar-refractivity contribution >= 4 is 23.2 Å². The summed E-state index contributed by atoms with van der Waals surface area (Å²) in [5, 5.41) is 6.82. The van der Waals surface area contributed by atoms with Crippen molar-refractivity contribution in [2.75, 3.05) is 11.9 Å². The van der Waals surface area contributed by atoms with E-state index < -0.39 is 0 Å². The molecule has 110 valence electrons. The van der Waals surface area contributed by atoms with Crippen LogP contribution in [0.15, 0.2) is 42.7 Å². The van der Waals surface area contributed by atoms with E-state index in [9.17, 15) is 4.79 Å². The highest BCUT2D eigenvalue weighted by atomic mass is 35.5. The molecule has 21 heavy (non-hydrogen) atoms. The molecule has 0 bridgehead atoms. The van der Waals surface area contributed by atoms with Crippen LogP contribution in [0.1, 0.15) is 17.5 Å². The van der Waals surface area contributed by atoms with Crippen molar-refractivity contribution in [1.82, 2.24) is 10.3 Å². The van der Waals surface area contributed by atoms with Crippen LogP contribution < -0.4 is 10.6 Å². The van der Waals surface area contributed by atoms with Gasteiger partial charge in [0.15, 0.2) is 0 Å². The van der Waals surface area contributed by atoms with Gasteiger partial charge in [0.1, 0.15) is 0 Å². The van der Waals surface area contributed by atoms with Gasteiger partial charge in [-0.2, -0.15) is 0 Å². The molecular weight excluding hydrogens is 286 g/mol. The lowest BCUT2D eigenvalue weighted by atomic mass is 10.2. The number of amides is 1. The number of benzene rings is 1. The van der Waals surface area contributed by atoms with Crippen molar-refractivity contribution in [2.24, 2.45) is 0 Å². The molecule has 1 amide bonds. The summed E-state index contributed by atoms with van der Waals surface area (Å²) in [6.45, 7) is 3.07. The highest BCUT2D eigenvalue weighted by Crippen LogP contribution is 2.19. The summed E-state index contributed by atoms with van der Waals surface area (Å²) in [4.78, 5) is 15.8. The third-order valence-electron chi connectivity index (χ3n) is 3.07. The fraction of sp³-hybridized carbons (Fsp3) is 0.250. The maximum Gasteiger partial charge on any atom is 0.222 e. The van der Waals surface area contributed by atoms with Crippen LogP contribution >= 0.6 is 11.6 Å². The van der Waals surface area contributed by atoms with E-state index in [-0.39, 0.29) is 5.91 Å². The molecule has 0 fully saturated rings. The summed E-state index contributed by atoms with van der Waals surface area (Å²) < 4.78 is 0. The monoisotopic (exact) mass is 303 g/mol. The highest BCUT2D eigenvalue weighted by Gasteiger charge is 2.03. The molecule has 2 rings (SSSR count). The van der Waals surface area contributed by atoms with E-state index in [0.29, 0.717) is 24.5 Å². The van der Waals surface area contributed by atoms with Gasteiger partial charge in [0.25, 0.3) is 0 Å². The third-order valence-corrected chi connectivity index (χ3v) is 3.30. The minimum Gasteiger partial charge on any atom is -0.384 e. The zero-order valence-corrected chi connectivity index (χ0v) is 12.7. The summed E-state index contributed by atoms with van der Waals surface area (Å²) in [5.74, 6) is 0.0120. The van der Waals surface area contributed by atoms with Crippen LogP contribution in [0.2, 0.25) is 5.02 Å². The number of nitrogens with zero attached hydrogens (tertiary/aromatic N) is 1. The first-order chi connectivity index (χ1) is 10.1. The number of pyridine rings is 1. The largest absolute Gasteiger partial charge is 0.384 e. The molecule has 1 aromatic carbocycles. The molecule has 1 heterocycles. The van der Waals surface area contributed by atoms with Crippen molar-refractivity contribution < 1.29 is 4.79 Å². The van der Waals surface area contributed by atoms with Crippen LogP contribution in [0.4, 0.5) is 5.69 Å². The Balaban J connectivity index is 1.72. The van der Waals surface area contributed by atoms with Crippen molar-refractivity contribution in [1.29, 1.82) is 0 Å². The number of aromatic nitrogens is 1. The number of halogens is 1. The number of nitrogens with one attached hydrogen (secondary N) is 2. The minimum absolute atomic E-state index is 0.0120. The molecule has 0 unspecified atom stereocenters. The van der Waals surface area contributed by atoms with E-state index in [2.05, 4.69) is 15.6 Å². The normalized spacial score (nSPS) is 10.2. The second kappa shape index (κ2) is 7.64. The first kappa shape index (κ1) is 15.3. The molecule has 1 aromatic heterocycles. The van der Waals surface area contributed by atoms with Gasteiger partial charge in [-0.3, -0.25) is 9.78 Å². The lowest BCUT2D eigenvalue weighted by molar-refractivity contribution is -0.121. The van der Waals surface area contributed by atoms with Crippen molar-refractivity contribution in [3.63, 3.8) is 0 Å². The molecule has 0 saturated carbocycles. The van der Waals surface area contributed by atoms with E-state index in [0.717, 1.165) is 16.8 Å². The topological polar surface area (TPSA) is 54.0 Å². The molecule has 0 radical (unpaired) electrons. The molecule has 0 aliphatic carbocycles. The van der Waals surface area contributed by atoms with Gasteiger partial charge in [0.05, 0.1) is 0 Å². The van der Waals surface area contributed by atoms with Crippen LogP contribution in [0, 0.1) is 6.92 Å². The number of anilines is 1. The van der Waals surface area contributed by atoms with Gasteiger partial charge in [-0.15, -0.1) is 0 Å². The van der Waals surface area contributed by atoms with Crippen LogP contribution in [0.5, 0.6) is 0 Å². The highest BCUT2D eigenvalue weighted by molar-refractivity contribution is 6.30. The van der Waals surface area contributed by atoms with Crippen molar-refractivity contribution in [2.45, 2.75) is 19.9 Å². The Morgan fingerprint density at radius 1 is 1.33 bits per heavy atom. The fourth-order valence-corrected chi connectivity index (χ4v) is 2.15. The quantitative estimate of drug-likeness (QED) is 0.862. The molecule has 4 nitrogen and oxygen atoms in total. The van der Waals surface area contributed by atoms with E-state index in [1.807, 2.05) is 37.3 Å². The molecule has 0 spiro atoms.